The van der Waals surface area contributed by atoms with Crippen LogP contribution in [0, 0.1) is 13.8 Å². The Balaban J connectivity index is 0.00000182. The van der Waals surface area contributed by atoms with Gasteiger partial charge in [0.15, 0.2) is 0 Å². The van der Waals surface area contributed by atoms with Gasteiger partial charge in [-0.05, 0) is 80.6 Å². The Morgan fingerprint density at radius 1 is 0.926 bits per heavy atom. The highest BCUT2D eigenvalue weighted by Gasteiger charge is 2.18. The zero-order chi connectivity index (χ0) is 17.8. The minimum absolute atomic E-state index is 0. The Morgan fingerprint density at radius 3 is 2.30 bits per heavy atom. The van der Waals surface area contributed by atoms with Crippen LogP contribution < -0.4 is 5.32 Å². The highest BCUT2D eigenvalue weighted by Crippen LogP contribution is 2.33. The number of likely N-dealkylation sites (N-methyl/N-ethyl adjacent to an activating group) is 1. The van der Waals surface area contributed by atoms with Crippen LogP contribution in [0.3, 0.4) is 0 Å². The van der Waals surface area contributed by atoms with E-state index in [0.717, 1.165) is 50.5 Å². The number of rotatable bonds is 6. The van der Waals surface area contributed by atoms with Crippen LogP contribution in [0.25, 0.3) is 11.3 Å². The van der Waals surface area contributed by atoms with Crippen LogP contribution in [-0.4, -0.2) is 41.3 Å². The molecule has 0 saturated carbocycles. The summed E-state index contributed by atoms with van der Waals surface area (Å²) in [6, 6.07) is 6.82. The lowest BCUT2D eigenvalue weighted by Crippen LogP contribution is -2.28. The monoisotopic (exact) mass is 410 g/mol. The number of benzene rings is 1. The average molecular weight is 411 g/mol. The fourth-order valence-electron chi connectivity index (χ4n) is 3.59. The molecule has 0 amide bonds. The molecule has 0 spiro atoms. The van der Waals surface area contributed by atoms with E-state index < -0.39 is 0 Å². The largest absolute Gasteiger partial charge is 0.367 e. The molecule has 1 N–H and O–H groups in total. The van der Waals surface area contributed by atoms with Gasteiger partial charge in [-0.15, -0.1) is 35.0 Å². The van der Waals surface area contributed by atoms with Gasteiger partial charge in [0.05, 0.1) is 5.69 Å². The van der Waals surface area contributed by atoms with Crippen molar-refractivity contribution in [3.8, 4) is 11.3 Å². The van der Waals surface area contributed by atoms with Crippen LogP contribution >= 0.6 is 24.8 Å². The van der Waals surface area contributed by atoms with E-state index in [1.807, 2.05) is 0 Å². The first-order valence-corrected chi connectivity index (χ1v) is 9.55. The molecule has 27 heavy (non-hydrogen) atoms. The third-order valence-electron chi connectivity index (χ3n) is 5.37. The highest BCUT2D eigenvalue weighted by molar-refractivity contribution is 5.85. The van der Waals surface area contributed by atoms with Gasteiger partial charge in [0.2, 0.25) is 0 Å². The lowest BCUT2D eigenvalue weighted by atomic mass is 9.96. The smallest absolute Gasteiger partial charge is 0.149 e. The van der Waals surface area contributed by atoms with Gasteiger partial charge in [0.1, 0.15) is 5.82 Å². The zero-order valence-corrected chi connectivity index (χ0v) is 18.5. The summed E-state index contributed by atoms with van der Waals surface area (Å²) in [4.78, 5) is 2.41. The number of aryl methyl sites for hydroxylation is 4. The normalized spacial score (nSPS) is 12.3. The number of fused-ring (bicyclic) bond motifs is 3. The molecule has 1 aromatic carbocycles. The Morgan fingerprint density at radius 2 is 1.59 bits per heavy atom. The topological polar surface area (TPSA) is 41.0 Å². The molecule has 4 nitrogen and oxygen atoms in total. The predicted molar refractivity (Wildman–Crippen MR) is 120 cm³/mol. The molecular weight excluding hydrogens is 379 g/mol. The number of aromatic nitrogens is 2. The number of nitrogens with zero attached hydrogens (tertiary/aromatic N) is 3. The molecule has 1 aliphatic carbocycles. The first kappa shape index (κ1) is 23.7. The molecule has 1 heterocycles. The van der Waals surface area contributed by atoms with Gasteiger partial charge in [-0.25, -0.2) is 0 Å². The van der Waals surface area contributed by atoms with E-state index in [4.69, 9.17) is 0 Å². The first-order valence-electron chi connectivity index (χ1n) is 9.55. The zero-order valence-electron chi connectivity index (χ0n) is 16.8. The van der Waals surface area contributed by atoms with E-state index >= 15 is 0 Å². The number of hydrogen-bond donors (Lipinski definition) is 1. The van der Waals surface area contributed by atoms with Crippen molar-refractivity contribution in [1.29, 1.82) is 0 Å². The number of hydrogen-bond acceptors (Lipinski definition) is 4. The molecule has 0 bridgehead atoms. The Hall–Kier alpha value is -1.36. The average Bonchev–Trinajstić information content (AvgIpc) is 2.78. The molecule has 2 aromatic rings. The molecule has 0 fully saturated rings. The molecule has 0 atom stereocenters. The second kappa shape index (κ2) is 10.8. The Bertz CT molecular complexity index is 745. The molecule has 1 aliphatic rings. The highest BCUT2D eigenvalue weighted by atomic mass is 35.5. The van der Waals surface area contributed by atoms with Crippen LogP contribution in [-0.2, 0) is 12.8 Å². The van der Waals surface area contributed by atoms with Crippen LogP contribution in [0.4, 0.5) is 5.82 Å². The summed E-state index contributed by atoms with van der Waals surface area (Å²) < 4.78 is 0. The molecule has 0 unspecified atom stereocenters. The number of anilines is 1. The second-order valence-corrected chi connectivity index (χ2v) is 7.00. The maximum Gasteiger partial charge on any atom is 0.149 e. The number of halogens is 2. The third-order valence-corrected chi connectivity index (χ3v) is 5.37. The minimum Gasteiger partial charge on any atom is -0.367 e. The van der Waals surface area contributed by atoms with E-state index in [1.165, 1.54) is 34.2 Å². The second-order valence-electron chi connectivity index (χ2n) is 7.00. The van der Waals surface area contributed by atoms with Crippen molar-refractivity contribution in [3.05, 3.63) is 40.5 Å². The van der Waals surface area contributed by atoms with E-state index in [2.05, 4.69) is 66.3 Å². The van der Waals surface area contributed by atoms with E-state index in [-0.39, 0.29) is 24.8 Å². The fraction of sp³-hybridized carbons (Fsp3) is 0.524. The van der Waals surface area contributed by atoms with Crippen molar-refractivity contribution >= 4 is 30.6 Å². The van der Waals surface area contributed by atoms with Gasteiger partial charge in [-0.2, -0.15) is 0 Å². The maximum absolute atomic E-state index is 4.60. The van der Waals surface area contributed by atoms with Crippen molar-refractivity contribution in [2.24, 2.45) is 0 Å². The van der Waals surface area contributed by atoms with E-state index in [1.54, 1.807) is 0 Å². The van der Waals surface area contributed by atoms with Gasteiger partial charge in [0, 0.05) is 18.7 Å². The van der Waals surface area contributed by atoms with E-state index in [0.29, 0.717) is 0 Å². The first-order chi connectivity index (χ1) is 12.1. The van der Waals surface area contributed by atoms with Crippen LogP contribution in [0.1, 0.15) is 42.5 Å². The fourth-order valence-corrected chi connectivity index (χ4v) is 3.59. The molecular formula is C21H32Cl2N4. The molecule has 0 saturated heterocycles. The summed E-state index contributed by atoms with van der Waals surface area (Å²) in [6.07, 6.45) is 3.37. The lowest BCUT2D eigenvalue weighted by molar-refractivity contribution is 0.316. The van der Waals surface area contributed by atoms with Crippen molar-refractivity contribution < 1.29 is 0 Å². The maximum atomic E-state index is 4.60. The van der Waals surface area contributed by atoms with Crippen molar-refractivity contribution in [3.63, 3.8) is 0 Å². The molecule has 6 heteroatoms. The summed E-state index contributed by atoms with van der Waals surface area (Å²) >= 11 is 0. The summed E-state index contributed by atoms with van der Waals surface area (Å²) in [5, 5.41) is 12.5. The van der Waals surface area contributed by atoms with E-state index in [9.17, 15) is 0 Å². The third kappa shape index (κ3) is 5.56. The standard InChI is InChI=1S/C21H30N4.2ClH/c1-5-25(6-2)11-10-22-20-14-18-9-7-8-17-12-15(3)16(4)13-19(17)21(18)24-23-20;;/h12-14H,5-11H2,1-4H3,(H,22,23);2*1H. The van der Waals surface area contributed by atoms with Crippen molar-refractivity contribution in [1.82, 2.24) is 15.1 Å². The van der Waals surface area contributed by atoms with Gasteiger partial charge in [-0.1, -0.05) is 19.9 Å². The van der Waals surface area contributed by atoms with Gasteiger partial charge in [0.25, 0.3) is 0 Å². The van der Waals surface area contributed by atoms with Crippen molar-refractivity contribution in [2.45, 2.75) is 47.0 Å². The van der Waals surface area contributed by atoms with Gasteiger partial charge < -0.3 is 10.2 Å². The summed E-state index contributed by atoms with van der Waals surface area (Å²) in [6.45, 7) is 12.9. The van der Waals surface area contributed by atoms with Gasteiger partial charge >= 0.3 is 0 Å². The van der Waals surface area contributed by atoms with Crippen LogP contribution in [0.5, 0.6) is 0 Å². The van der Waals surface area contributed by atoms with Crippen molar-refractivity contribution in [2.75, 3.05) is 31.5 Å². The molecule has 0 radical (unpaired) electrons. The summed E-state index contributed by atoms with van der Waals surface area (Å²) in [5.41, 5.74) is 7.78. The van der Waals surface area contributed by atoms with Crippen LogP contribution in [0.15, 0.2) is 18.2 Å². The summed E-state index contributed by atoms with van der Waals surface area (Å²) in [5.74, 6) is 0.901. The quantitative estimate of drug-likeness (QED) is 0.738. The summed E-state index contributed by atoms with van der Waals surface area (Å²) in [7, 11) is 0. The molecule has 150 valence electrons. The lowest BCUT2D eigenvalue weighted by Gasteiger charge is -2.18. The molecule has 1 aromatic heterocycles. The Kier molecular flexibility index (Phi) is 9.51. The van der Waals surface area contributed by atoms with Gasteiger partial charge in [-0.3, -0.25) is 0 Å². The predicted octanol–water partition coefficient (Wildman–Crippen LogP) is 4.85. The van der Waals surface area contributed by atoms with Crippen LogP contribution in [0.2, 0.25) is 0 Å². The molecule has 3 rings (SSSR count). The molecule has 0 aliphatic heterocycles. The minimum atomic E-state index is 0. The SMILES string of the molecule is CCN(CC)CCNc1cc2c(nn1)-c1cc(C)c(C)cc1CCC2.Cl.Cl. The Labute approximate surface area is 176 Å². The number of nitrogens with one attached hydrogen (secondary N) is 1.